The van der Waals surface area contributed by atoms with Gasteiger partial charge in [0.2, 0.25) is 5.91 Å². The number of aromatic carboxylic acids is 1. The lowest BCUT2D eigenvalue weighted by Crippen LogP contribution is -2.11. The van der Waals surface area contributed by atoms with E-state index in [4.69, 9.17) is 14.6 Å². The fraction of sp³-hybridized carbons (Fsp3) is 0.200. The van der Waals surface area contributed by atoms with Crippen LogP contribution in [0, 0.1) is 0 Å². The Hall–Kier alpha value is -3.28. The number of anilines is 1. The molecule has 6 heteroatoms. The van der Waals surface area contributed by atoms with Crippen molar-refractivity contribution >= 4 is 23.6 Å². The van der Waals surface area contributed by atoms with Gasteiger partial charge in [-0.3, -0.25) is 4.79 Å². The first-order chi connectivity index (χ1) is 12.6. The van der Waals surface area contributed by atoms with Crippen LogP contribution in [0.3, 0.4) is 0 Å². The molecule has 0 saturated carbocycles. The van der Waals surface area contributed by atoms with E-state index in [0.717, 1.165) is 0 Å². The molecule has 2 rings (SSSR count). The van der Waals surface area contributed by atoms with Crippen molar-refractivity contribution in [3.8, 4) is 11.5 Å². The Labute approximate surface area is 152 Å². The second-order valence-corrected chi connectivity index (χ2v) is 5.21. The van der Waals surface area contributed by atoms with Crippen molar-refractivity contribution in [2.45, 2.75) is 13.8 Å². The van der Waals surface area contributed by atoms with Gasteiger partial charge in [0.25, 0.3) is 0 Å². The summed E-state index contributed by atoms with van der Waals surface area (Å²) in [4.78, 5) is 23.4. The third-order valence-electron chi connectivity index (χ3n) is 3.43. The minimum atomic E-state index is -1.10. The second-order valence-electron chi connectivity index (χ2n) is 5.21. The molecule has 0 aliphatic carbocycles. The van der Waals surface area contributed by atoms with E-state index in [0.29, 0.717) is 30.3 Å². The Morgan fingerprint density at radius 1 is 1.04 bits per heavy atom. The maximum atomic E-state index is 12.2. The molecule has 2 aromatic rings. The average Bonchev–Trinajstić information content (AvgIpc) is 2.62. The molecule has 136 valence electrons. The summed E-state index contributed by atoms with van der Waals surface area (Å²) in [5.74, 6) is -0.379. The SMILES string of the molecule is CCOc1cccc(/C=C/C(=O)Nc2ccccc2C(=O)O)c1OCC. The quantitative estimate of drug-likeness (QED) is 0.703. The number of rotatable bonds is 8. The molecular weight excluding hydrogens is 334 g/mol. The molecule has 0 aromatic heterocycles. The van der Waals surface area contributed by atoms with Crippen LogP contribution in [-0.2, 0) is 4.79 Å². The van der Waals surface area contributed by atoms with Crippen molar-refractivity contribution in [2.75, 3.05) is 18.5 Å². The highest BCUT2D eigenvalue weighted by molar-refractivity contribution is 6.06. The summed E-state index contributed by atoms with van der Waals surface area (Å²) in [6.07, 6.45) is 2.93. The lowest BCUT2D eigenvalue weighted by atomic mass is 10.1. The molecule has 2 aromatic carbocycles. The number of benzene rings is 2. The topological polar surface area (TPSA) is 84.9 Å². The van der Waals surface area contributed by atoms with Gasteiger partial charge < -0.3 is 19.9 Å². The summed E-state index contributed by atoms with van der Waals surface area (Å²) in [7, 11) is 0. The Morgan fingerprint density at radius 3 is 2.46 bits per heavy atom. The van der Waals surface area contributed by atoms with Crippen molar-refractivity contribution in [3.05, 3.63) is 59.7 Å². The lowest BCUT2D eigenvalue weighted by molar-refractivity contribution is -0.111. The van der Waals surface area contributed by atoms with Crippen LogP contribution < -0.4 is 14.8 Å². The van der Waals surface area contributed by atoms with E-state index in [9.17, 15) is 9.59 Å². The predicted octanol–water partition coefficient (Wildman–Crippen LogP) is 3.83. The van der Waals surface area contributed by atoms with E-state index < -0.39 is 11.9 Å². The highest BCUT2D eigenvalue weighted by Crippen LogP contribution is 2.32. The fourth-order valence-electron chi connectivity index (χ4n) is 2.35. The van der Waals surface area contributed by atoms with Crippen molar-refractivity contribution in [2.24, 2.45) is 0 Å². The number of carbonyl (C=O) groups excluding carboxylic acids is 1. The number of ether oxygens (including phenoxy) is 2. The summed E-state index contributed by atoms with van der Waals surface area (Å²) in [6, 6.07) is 11.6. The molecule has 0 unspecified atom stereocenters. The van der Waals surface area contributed by atoms with Gasteiger partial charge in [-0.15, -0.1) is 0 Å². The summed E-state index contributed by atoms with van der Waals surface area (Å²) in [6.45, 7) is 4.71. The summed E-state index contributed by atoms with van der Waals surface area (Å²) >= 11 is 0. The number of carbonyl (C=O) groups is 2. The van der Waals surface area contributed by atoms with Crippen LogP contribution in [0.1, 0.15) is 29.8 Å². The van der Waals surface area contributed by atoms with E-state index in [1.807, 2.05) is 26.0 Å². The first kappa shape index (κ1) is 19.1. The van der Waals surface area contributed by atoms with Crippen molar-refractivity contribution in [1.82, 2.24) is 0 Å². The number of nitrogens with one attached hydrogen (secondary N) is 1. The Morgan fingerprint density at radius 2 is 1.77 bits per heavy atom. The van der Waals surface area contributed by atoms with Crippen LogP contribution in [0.15, 0.2) is 48.5 Å². The van der Waals surface area contributed by atoms with Crippen LogP contribution in [-0.4, -0.2) is 30.2 Å². The number of hydrogen-bond donors (Lipinski definition) is 2. The summed E-state index contributed by atoms with van der Waals surface area (Å²) in [5.41, 5.74) is 0.963. The average molecular weight is 355 g/mol. The van der Waals surface area contributed by atoms with E-state index in [1.165, 1.54) is 18.2 Å². The minimum absolute atomic E-state index is 0.0302. The van der Waals surface area contributed by atoms with Gasteiger partial charge in [-0.05, 0) is 38.1 Å². The van der Waals surface area contributed by atoms with E-state index >= 15 is 0 Å². The predicted molar refractivity (Wildman–Crippen MR) is 99.8 cm³/mol. The molecule has 0 atom stereocenters. The lowest BCUT2D eigenvalue weighted by Gasteiger charge is -2.13. The van der Waals surface area contributed by atoms with E-state index in [-0.39, 0.29) is 11.3 Å². The number of carboxylic acid groups (broad SMARTS) is 1. The van der Waals surface area contributed by atoms with Gasteiger partial charge in [-0.1, -0.05) is 24.3 Å². The summed E-state index contributed by atoms with van der Waals surface area (Å²) < 4.78 is 11.2. The Balaban J connectivity index is 2.21. The summed E-state index contributed by atoms with van der Waals surface area (Å²) in [5, 5.41) is 11.7. The van der Waals surface area contributed by atoms with Crippen LogP contribution >= 0.6 is 0 Å². The zero-order chi connectivity index (χ0) is 18.9. The Kier molecular flexibility index (Phi) is 6.79. The van der Waals surface area contributed by atoms with E-state index in [1.54, 1.807) is 24.3 Å². The van der Waals surface area contributed by atoms with Gasteiger partial charge in [0.15, 0.2) is 11.5 Å². The van der Waals surface area contributed by atoms with E-state index in [2.05, 4.69) is 5.32 Å². The highest BCUT2D eigenvalue weighted by atomic mass is 16.5. The minimum Gasteiger partial charge on any atom is -0.490 e. The zero-order valence-electron chi connectivity index (χ0n) is 14.7. The Bertz CT molecular complexity index is 814. The maximum absolute atomic E-state index is 12.2. The van der Waals surface area contributed by atoms with Gasteiger partial charge in [0.05, 0.1) is 24.5 Å². The third kappa shape index (κ3) is 4.86. The van der Waals surface area contributed by atoms with Gasteiger partial charge >= 0.3 is 5.97 Å². The molecule has 0 bridgehead atoms. The molecule has 0 saturated heterocycles. The van der Waals surface area contributed by atoms with Crippen LogP contribution in [0.5, 0.6) is 11.5 Å². The van der Waals surface area contributed by atoms with Gasteiger partial charge in [-0.25, -0.2) is 4.79 Å². The normalized spacial score (nSPS) is 10.5. The molecule has 0 fully saturated rings. The monoisotopic (exact) mass is 355 g/mol. The number of hydrogen-bond acceptors (Lipinski definition) is 4. The molecule has 26 heavy (non-hydrogen) atoms. The molecule has 6 nitrogen and oxygen atoms in total. The van der Waals surface area contributed by atoms with Crippen LogP contribution in [0.25, 0.3) is 6.08 Å². The molecule has 1 amide bonds. The number of carboxylic acids is 1. The van der Waals surface area contributed by atoms with Gasteiger partial charge in [0, 0.05) is 11.6 Å². The largest absolute Gasteiger partial charge is 0.490 e. The highest BCUT2D eigenvalue weighted by Gasteiger charge is 2.11. The molecule has 0 spiro atoms. The standard InChI is InChI=1S/C20H21NO5/c1-3-25-17-11-7-8-14(19(17)26-4-2)12-13-18(22)21-16-10-6-5-9-15(16)20(23)24/h5-13H,3-4H2,1-2H3,(H,21,22)(H,23,24)/b13-12+. The van der Waals surface area contributed by atoms with Gasteiger partial charge in [-0.2, -0.15) is 0 Å². The molecule has 2 N–H and O–H groups in total. The fourth-order valence-corrected chi connectivity index (χ4v) is 2.35. The number of amides is 1. The zero-order valence-corrected chi connectivity index (χ0v) is 14.7. The maximum Gasteiger partial charge on any atom is 0.337 e. The molecular formula is C20H21NO5. The molecule has 0 aliphatic heterocycles. The van der Waals surface area contributed by atoms with Crippen LogP contribution in [0.2, 0.25) is 0 Å². The first-order valence-corrected chi connectivity index (χ1v) is 8.26. The molecule has 0 aliphatic rings. The van der Waals surface area contributed by atoms with Crippen LogP contribution in [0.4, 0.5) is 5.69 Å². The molecule has 0 radical (unpaired) electrons. The third-order valence-corrected chi connectivity index (χ3v) is 3.43. The van der Waals surface area contributed by atoms with Crippen molar-refractivity contribution < 1.29 is 24.2 Å². The van der Waals surface area contributed by atoms with Crippen molar-refractivity contribution in [1.29, 1.82) is 0 Å². The first-order valence-electron chi connectivity index (χ1n) is 8.26. The van der Waals surface area contributed by atoms with Crippen molar-refractivity contribution in [3.63, 3.8) is 0 Å². The smallest absolute Gasteiger partial charge is 0.337 e. The number of para-hydroxylation sites is 2. The molecule has 0 heterocycles. The second kappa shape index (κ2) is 9.27. The van der Waals surface area contributed by atoms with Gasteiger partial charge in [0.1, 0.15) is 0 Å².